The molecule has 1 aliphatic heterocycles. The van der Waals surface area contributed by atoms with E-state index in [4.69, 9.17) is 4.74 Å². The Morgan fingerprint density at radius 3 is 2.76 bits per heavy atom. The highest BCUT2D eigenvalue weighted by Crippen LogP contribution is 2.07. The molecule has 1 aliphatic rings. The first-order valence-electron chi connectivity index (χ1n) is 5.87. The lowest BCUT2D eigenvalue weighted by atomic mass is 10.2. The Morgan fingerprint density at radius 2 is 2.12 bits per heavy atom. The number of aromatic nitrogens is 1. The maximum atomic E-state index is 11.7. The number of nitrogens with one attached hydrogen (secondary N) is 1. The second kappa shape index (κ2) is 5.33. The molecule has 17 heavy (non-hydrogen) atoms. The second-order valence-electron chi connectivity index (χ2n) is 4.33. The molecule has 0 atom stereocenters. The molecule has 1 aromatic rings. The smallest absolute Gasteiger partial charge is 0.223 e. The van der Waals surface area contributed by atoms with Crippen LogP contribution in [0, 0.1) is 0 Å². The molecule has 94 valence electrons. The highest BCUT2D eigenvalue weighted by Gasteiger charge is 2.12. The minimum Gasteiger partial charge on any atom is -0.491 e. The third-order valence-electron chi connectivity index (χ3n) is 3.12. The number of hydrogen-bond acceptors (Lipinski definition) is 4. The van der Waals surface area contributed by atoms with Crippen LogP contribution >= 0.6 is 0 Å². The molecule has 5 nitrogen and oxygen atoms in total. The number of piperazine rings is 1. The summed E-state index contributed by atoms with van der Waals surface area (Å²) in [5.41, 5.74) is 0.980. The normalized spacial score (nSPS) is 17.1. The Kier molecular flexibility index (Phi) is 3.81. The highest BCUT2D eigenvalue weighted by molar-refractivity contribution is 5.21. The zero-order valence-electron chi connectivity index (χ0n) is 10.4. The van der Waals surface area contributed by atoms with Gasteiger partial charge in [-0.05, 0) is 0 Å². The lowest BCUT2D eigenvalue weighted by Gasteiger charge is -2.27. The molecule has 2 heterocycles. The van der Waals surface area contributed by atoms with Gasteiger partial charge in [0.2, 0.25) is 5.43 Å². The van der Waals surface area contributed by atoms with Crippen molar-refractivity contribution in [2.24, 2.45) is 7.05 Å². The van der Waals surface area contributed by atoms with Crippen molar-refractivity contribution in [3.63, 3.8) is 0 Å². The molecule has 5 heteroatoms. The van der Waals surface area contributed by atoms with Crippen LogP contribution in [0.25, 0.3) is 0 Å². The maximum Gasteiger partial charge on any atom is 0.223 e. The Hall–Kier alpha value is -1.33. The van der Waals surface area contributed by atoms with E-state index < -0.39 is 0 Å². The van der Waals surface area contributed by atoms with Crippen molar-refractivity contribution < 1.29 is 4.74 Å². The summed E-state index contributed by atoms with van der Waals surface area (Å²) < 4.78 is 6.97. The van der Waals surface area contributed by atoms with Gasteiger partial charge in [-0.15, -0.1) is 0 Å². The molecular weight excluding hydrogens is 218 g/mol. The second-order valence-corrected chi connectivity index (χ2v) is 4.33. The molecule has 0 saturated carbocycles. The molecule has 0 radical (unpaired) electrons. The Labute approximate surface area is 101 Å². The van der Waals surface area contributed by atoms with Gasteiger partial charge in [0.1, 0.15) is 0 Å². The van der Waals surface area contributed by atoms with Crippen molar-refractivity contribution in [3.8, 4) is 5.75 Å². The van der Waals surface area contributed by atoms with Crippen molar-refractivity contribution in [1.82, 2.24) is 14.8 Å². The quantitative estimate of drug-likeness (QED) is 0.791. The van der Waals surface area contributed by atoms with Gasteiger partial charge in [-0.25, -0.2) is 0 Å². The molecule has 1 aromatic heterocycles. The predicted octanol–water partition coefficient (Wildman–Crippen LogP) is -0.201. The first-order chi connectivity index (χ1) is 8.20. The van der Waals surface area contributed by atoms with Crippen LogP contribution in [0.1, 0.15) is 5.69 Å². The fraction of sp³-hybridized carbons (Fsp3) is 0.583. The summed E-state index contributed by atoms with van der Waals surface area (Å²) >= 11 is 0. The Balaban J connectivity index is 2.15. The summed E-state index contributed by atoms with van der Waals surface area (Å²) in [6.45, 7) is 4.91. The minimum absolute atomic E-state index is 0.0456. The summed E-state index contributed by atoms with van der Waals surface area (Å²) in [4.78, 5) is 14.0. The number of ether oxygens (including phenoxy) is 1. The van der Waals surface area contributed by atoms with Crippen molar-refractivity contribution in [2.75, 3.05) is 33.3 Å². The van der Waals surface area contributed by atoms with E-state index in [1.807, 2.05) is 11.6 Å². The van der Waals surface area contributed by atoms with Gasteiger partial charge in [-0.2, -0.15) is 0 Å². The van der Waals surface area contributed by atoms with Gasteiger partial charge in [0, 0.05) is 51.5 Å². The standard InChI is InChI=1S/C12H19N3O2/c1-14-9-12(17-2)11(16)7-10(14)8-15-5-3-13-4-6-15/h7,9,13H,3-6,8H2,1-2H3. The number of rotatable bonds is 3. The van der Waals surface area contributed by atoms with E-state index >= 15 is 0 Å². The monoisotopic (exact) mass is 237 g/mol. The minimum atomic E-state index is -0.0456. The van der Waals surface area contributed by atoms with Crippen LogP contribution in [-0.2, 0) is 13.6 Å². The third-order valence-corrected chi connectivity index (χ3v) is 3.12. The Bertz CT molecular complexity index is 436. The van der Waals surface area contributed by atoms with E-state index in [0.29, 0.717) is 5.75 Å². The number of nitrogens with zero attached hydrogens (tertiary/aromatic N) is 2. The van der Waals surface area contributed by atoms with E-state index in [2.05, 4.69) is 10.2 Å². The van der Waals surface area contributed by atoms with Crippen LogP contribution in [0.2, 0.25) is 0 Å². The number of hydrogen-bond donors (Lipinski definition) is 1. The van der Waals surface area contributed by atoms with Gasteiger partial charge in [0.25, 0.3) is 0 Å². The lowest BCUT2D eigenvalue weighted by Crippen LogP contribution is -2.43. The molecule has 1 N–H and O–H groups in total. The summed E-state index contributed by atoms with van der Waals surface area (Å²) in [5, 5.41) is 3.31. The van der Waals surface area contributed by atoms with Gasteiger partial charge in [-0.1, -0.05) is 0 Å². The topological polar surface area (TPSA) is 46.5 Å². The van der Waals surface area contributed by atoms with Crippen LogP contribution in [0.3, 0.4) is 0 Å². The zero-order valence-corrected chi connectivity index (χ0v) is 10.4. The zero-order chi connectivity index (χ0) is 12.3. The summed E-state index contributed by atoms with van der Waals surface area (Å²) in [5.74, 6) is 0.400. The van der Waals surface area contributed by atoms with Gasteiger partial charge < -0.3 is 14.6 Å². The van der Waals surface area contributed by atoms with Crippen molar-refractivity contribution >= 4 is 0 Å². The third kappa shape index (κ3) is 2.87. The fourth-order valence-electron chi connectivity index (χ4n) is 2.06. The van der Waals surface area contributed by atoms with Gasteiger partial charge >= 0.3 is 0 Å². The molecule has 2 rings (SSSR count). The van der Waals surface area contributed by atoms with Gasteiger partial charge in [-0.3, -0.25) is 9.69 Å². The maximum absolute atomic E-state index is 11.7. The van der Waals surface area contributed by atoms with E-state index in [-0.39, 0.29) is 5.43 Å². The SMILES string of the molecule is COc1cn(C)c(CN2CCNCC2)cc1=O. The Morgan fingerprint density at radius 1 is 1.41 bits per heavy atom. The van der Waals surface area contributed by atoms with Crippen LogP contribution in [-0.4, -0.2) is 42.8 Å². The van der Waals surface area contributed by atoms with Crippen molar-refractivity contribution in [3.05, 3.63) is 28.2 Å². The highest BCUT2D eigenvalue weighted by atomic mass is 16.5. The average Bonchev–Trinajstić information content (AvgIpc) is 2.34. The van der Waals surface area contributed by atoms with Crippen LogP contribution in [0.5, 0.6) is 5.75 Å². The van der Waals surface area contributed by atoms with Crippen molar-refractivity contribution in [2.45, 2.75) is 6.54 Å². The van der Waals surface area contributed by atoms with E-state index in [9.17, 15) is 4.79 Å². The van der Waals surface area contributed by atoms with Gasteiger partial charge in [0.15, 0.2) is 5.75 Å². The first kappa shape index (κ1) is 12.1. The van der Waals surface area contributed by atoms with Crippen LogP contribution in [0.4, 0.5) is 0 Å². The molecule has 0 bridgehead atoms. The average molecular weight is 237 g/mol. The molecule has 0 amide bonds. The van der Waals surface area contributed by atoms with E-state index in [1.165, 1.54) is 7.11 Å². The fourth-order valence-corrected chi connectivity index (χ4v) is 2.06. The molecule has 0 unspecified atom stereocenters. The lowest BCUT2D eigenvalue weighted by molar-refractivity contribution is 0.228. The van der Waals surface area contributed by atoms with Gasteiger partial charge in [0.05, 0.1) is 13.3 Å². The summed E-state index contributed by atoms with van der Waals surface area (Å²) in [7, 11) is 3.46. The van der Waals surface area contributed by atoms with E-state index in [1.54, 1.807) is 12.3 Å². The molecule has 0 spiro atoms. The van der Waals surface area contributed by atoms with E-state index in [0.717, 1.165) is 38.4 Å². The molecule has 1 fully saturated rings. The molecular formula is C12H19N3O2. The molecule has 1 saturated heterocycles. The number of aryl methyl sites for hydroxylation is 1. The number of pyridine rings is 1. The molecule has 0 aliphatic carbocycles. The van der Waals surface area contributed by atoms with Crippen LogP contribution < -0.4 is 15.5 Å². The predicted molar refractivity (Wildman–Crippen MR) is 66.4 cm³/mol. The number of methoxy groups -OCH3 is 1. The largest absolute Gasteiger partial charge is 0.491 e. The summed E-state index contributed by atoms with van der Waals surface area (Å²) in [6, 6.07) is 1.67. The van der Waals surface area contributed by atoms with Crippen molar-refractivity contribution in [1.29, 1.82) is 0 Å². The summed E-state index contributed by atoms with van der Waals surface area (Å²) in [6.07, 6.45) is 1.75. The van der Waals surface area contributed by atoms with Crippen LogP contribution in [0.15, 0.2) is 17.1 Å². The molecule has 0 aromatic carbocycles. The first-order valence-corrected chi connectivity index (χ1v) is 5.87.